The van der Waals surface area contributed by atoms with E-state index in [9.17, 15) is 10.2 Å². The Morgan fingerprint density at radius 3 is 1.89 bits per heavy atom. The third-order valence-electron chi connectivity index (χ3n) is 2.21. The van der Waals surface area contributed by atoms with E-state index in [0.29, 0.717) is 0 Å². The van der Waals surface area contributed by atoms with Gasteiger partial charge in [-0.05, 0) is 19.3 Å². The van der Waals surface area contributed by atoms with Gasteiger partial charge in [0.15, 0.2) is 0 Å². The van der Waals surface area contributed by atoms with E-state index in [4.69, 9.17) is 0 Å². The van der Waals surface area contributed by atoms with Crippen LogP contribution >= 0.6 is 0 Å². The Labute approximate surface area is 55.5 Å². The van der Waals surface area contributed by atoms with E-state index in [2.05, 4.69) is 0 Å². The van der Waals surface area contributed by atoms with Crippen molar-refractivity contribution in [1.82, 2.24) is 0 Å². The monoisotopic (exact) mass is 130 g/mol. The van der Waals surface area contributed by atoms with E-state index in [1.165, 1.54) is 0 Å². The van der Waals surface area contributed by atoms with Gasteiger partial charge in [0.1, 0.15) is 0 Å². The molecule has 2 nitrogen and oxygen atoms in total. The minimum absolute atomic E-state index is 0.0822. The number of hydrogen-bond donors (Lipinski definition) is 2. The smallest absolute Gasteiger partial charge is 0.0590 e. The van der Waals surface area contributed by atoms with Gasteiger partial charge in [0.2, 0.25) is 0 Å². The van der Waals surface area contributed by atoms with Gasteiger partial charge in [-0.2, -0.15) is 0 Å². The molecular weight excluding hydrogens is 116 g/mol. The average molecular weight is 130 g/mol. The lowest BCUT2D eigenvalue weighted by molar-refractivity contribution is -0.0142. The minimum Gasteiger partial charge on any atom is -0.393 e. The Hall–Kier alpha value is -0.0800. The first-order valence-corrected chi connectivity index (χ1v) is 3.58. The zero-order chi connectivity index (χ0) is 6.85. The van der Waals surface area contributed by atoms with Crippen LogP contribution in [0.4, 0.5) is 0 Å². The van der Waals surface area contributed by atoms with E-state index >= 15 is 0 Å². The summed E-state index contributed by atoms with van der Waals surface area (Å²) in [4.78, 5) is 0. The van der Waals surface area contributed by atoms with Gasteiger partial charge in [-0.3, -0.25) is 0 Å². The molecule has 1 fully saturated rings. The van der Waals surface area contributed by atoms with E-state index in [1.54, 1.807) is 0 Å². The molecule has 0 aromatic heterocycles. The molecule has 2 atom stereocenters. The molecule has 54 valence electrons. The second-order valence-corrected chi connectivity index (χ2v) is 2.92. The molecule has 0 saturated heterocycles. The predicted molar refractivity (Wildman–Crippen MR) is 35.0 cm³/mol. The van der Waals surface area contributed by atoms with Crippen molar-refractivity contribution in [1.29, 1.82) is 0 Å². The fourth-order valence-electron chi connectivity index (χ4n) is 1.32. The first kappa shape index (κ1) is 7.03. The van der Waals surface area contributed by atoms with Gasteiger partial charge in [0.25, 0.3) is 0 Å². The molecule has 2 heteroatoms. The minimum atomic E-state index is -0.270. The van der Waals surface area contributed by atoms with Crippen molar-refractivity contribution in [3.8, 4) is 0 Å². The predicted octanol–water partition coefficient (Wildman–Crippen LogP) is 0.528. The lowest BCUT2D eigenvalue weighted by Gasteiger charge is -2.28. The maximum atomic E-state index is 9.19. The second kappa shape index (κ2) is 2.67. The molecule has 0 aliphatic heterocycles. The van der Waals surface area contributed by atoms with Crippen molar-refractivity contribution >= 4 is 0 Å². The van der Waals surface area contributed by atoms with Gasteiger partial charge in [-0.1, -0.05) is 6.92 Å². The van der Waals surface area contributed by atoms with Crippen LogP contribution in [-0.2, 0) is 0 Å². The van der Waals surface area contributed by atoms with Crippen LogP contribution in [0.5, 0.6) is 0 Å². The Kier molecular flexibility index (Phi) is 2.09. The van der Waals surface area contributed by atoms with Crippen molar-refractivity contribution in [2.75, 3.05) is 0 Å². The summed E-state index contributed by atoms with van der Waals surface area (Å²) in [5, 5.41) is 18.4. The maximum absolute atomic E-state index is 9.19. The van der Waals surface area contributed by atoms with Crippen LogP contribution in [0.1, 0.15) is 26.2 Å². The summed E-state index contributed by atoms with van der Waals surface area (Å²) in [6.45, 7) is 1.90. The maximum Gasteiger partial charge on any atom is 0.0590 e. The SMILES string of the molecule is CC1[C@H](O)CCC[C@H]1O. The molecule has 0 radical (unpaired) electrons. The largest absolute Gasteiger partial charge is 0.393 e. The molecule has 1 rings (SSSR count). The van der Waals surface area contributed by atoms with Crippen molar-refractivity contribution in [3.05, 3.63) is 0 Å². The summed E-state index contributed by atoms with van der Waals surface area (Å²) < 4.78 is 0. The van der Waals surface area contributed by atoms with Gasteiger partial charge in [-0.15, -0.1) is 0 Å². The quantitative estimate of drug-likeness (QED) is 0.502. The number of hydrogen-bond acceptors (Lipinski definition) is 2. The summed E-state index contributed by atoms with van der Waals surface area (Å²) >= 11 is 0. The molecule has 0 unspecified atom stereocenters. The molecule has 0 amide bonds. The van der Waals surface area contributed by atoms with Gasteiger partial charge in [-0.25, -0.2) is 0 Å². The van der Waals surface area contributed by atoms with Crippen LogP contribution in [-0.4, -0.2) is 22.4 Å². The molecule has 1 saturated carbocycles. The number of aliphatic hydroxyl groups excluding tert-OH is 2. The summed E-state index contributed by atoms with van der Waals surface area (Å²) in [7, 11) is 0. The van der Waals surface area contributed by atoms with Crippen LogP contribution in [0.15, 0.2) is 0 Å². The van der Waals surface area contributed by atoms with Crippen molar-refractivity contribution in [3.63, 3.8) is 0 Å². The Balaban J connectivity index is 2.41. The van der Waals surface area contributed by atoms with Crippen molar-refractivity contribution in [2.45, 2.75) is 38.4 Å². The third kappa shape index (κ3) is 1.43. The topological polar surface area (TPSA) is 40.5 Å². The standard InChI is InChI=1S/C7H14O2/c1-5-6(8)3-2-4-7(5)9/h5-9H,2-4H2,1H3/t6-,7-/m1/s1. The zero-order valence-corrected chi connectivity index (χ0v) is 5.75. The molecule has 0 bridgehead atoms. The highest BCUT2D eigenvalue weighted by molar-refractivity contribution is 4.77. The van der Waals surface area contributed by atoms with E-state index < -0.39 is 0 Å². The molecule has 9 heavy (non-hydrogen) atoms. The molecule has 1 aliphatic carbocycles. The fourth-order valence-corrected chi connectivity index (χ4v) is 1.32. The molecular formula is C7H14O2. The summed E-state index contributed by atoms with van der Waals surface area (Å²) in [6.07, 6.45) is 2.14. The molecule has 0 spiro atoms. The van der Waals surface area contributed by atoms with Crippen LogP contribution in [0, 0.1) is 5.92 Å². The Morgan fingerprint density at radius 2 is 1.56 bits per heavy atom. The second-order valence-electron chi connectivity index (χ2n) is 2.92. The van der Waals surface area contributed by atoms with Gasteiger partial charge >= 0.3 is 0 Å². The summed E-state index contributed by atoms with van der Waals surface area (Å²) in [6, 6.07) is 0. The number of aliphatic hydroxyl groups is 2. The van der Waals surface area contributed by atoms with Crippen LogP contribution in [0.3, 0.4) is 0 Å². The number of rotatable bonds is 0. The van der Waals surface area contributed by atoms with Gasteiger partial charge < -0.3 is 10.2 Å². The molecule has 0 heterocycles. The van der Waals surface area contributed by atoms with Gasteiger partial charge in [0.05, 0.1) is 12.2 Å². The van der Waals surface area contributed by atoms with Crippen molar-refractivity contribution in [2.24, 2.45) is 5.92 Å². The molecule has 1 aliphatic rings. The first-order chi connectivity index (χ1) is 4.22. The van der Waals surface area contributed by atoms with Crippen LogP contribution in [0.2, 0.25) is 0 Å². The highest BCUT2D eigenvalue weighted by atomic mass is 16.3. The summed E-state index contributed by atoms with van der Waals surface area (Å²) in [5.41, 5.74) is 0. The Morgan fingerprint density at radius 1 is 1.11 bits per heavy atom. The highest BCUT2D eigenvalue weighted by Gasteiger charge is 2.26. The molecule has 0 aromatic rings. The van der Waals surface area contributed by atoms with Crippen LogP contribution < -0.4 is 0 Å². The Bertz CT molecular complexity index is 82.9. The zero-order valence-electron chi connectivity index (χ0n) is 5.75. The molecule has 2 N–H and O–H groups in total. The van der Waals surface area contributed by atoms with E-state index in [-0.39, 0.29) is 18.1 Å². The van der Waals surface area contributed by atoms with Gasteiger partial charge in [0, 0.05) is 5.92 Å². The summed E-state index contributed by atoms with van der Waals surface area (Å²) in [5.74, 6) is 0.0822. The fraction of sp³-hybridized carbons (Fsp3) is 1.00. The molecule has 0 aromatic carbocycles. The average Bonchev–Trinajstić information content (AvgIpc) is 1.83. The highest BCUT2D eigenvalue weighted by Crippen LogP contribution is 2.23. The van der Waals surface area contributed by atoms with E-state index in [0.717, 1.165) is 19.3 Å². The first-order valence-electron chi connectivity index (χ1n) is 3.58. The third-order valence-corrected chi connectivity index (χ3v) is 2.21. The lowest BCUT2D eigenvalue weighted by Crippen LogP contribution is -2.33. The van der Waals surface area contributed by atoms with Crippen molar-refractivity contribution < 1.29 is 10.2 Å². The lowest BCUT2D eigenvalue weighted by atomic mass is 9.86. The van der Waals surface area contributed by atoms with Crippen LogP contribution in [0.25, 0.3) is 0 Å². The van der Waals surface area contributed by atoms with E-state index in [1.807, 2.05) is 6.92 Å². The normalized spacial score (nSPS) is 39.0.